The van der Waals surface area contributed by atoms with E-state index in [-0.39, 0.29) is 0 Å². The second-order valence-corrected chi connectivity index (χ2v) is 5.45. The van der Waals surface area contributed by atoms with Crippen molar-refractivity contribution in [2.45, 2.75) is 13.5 Å². The topological polar surface area (TPSA) is 4.93 Å². The van der Waals surface area contributed by atoms with Gasteiger partial charge >= 0.3 is 0 Å². The molecule has 3 aromatic rings. The van der Waals surface area contributed by atoms with Gasteiger partial charge in [-0.25, -0.2) is 0 Å². The number of rotatable bonds is 2. The van der Waals surface area contributed by atoms with E-state index in [0.717, 1.165) is 6.54 Å². The highest BCUT2D eigenvalue weighted by Gasteiger charge is 2.04. The Labute approximate surface area is 115 Å². The first kappa shape index (κ1) is 11.5. The van der Waals surface area contributed by atoms with Crippen molar-refractivity contribution in [3.63, 3.8) is 0 Å². The number of hydrogen-bond acceptors (Lipinski definition) is 0. The van der Waals surface area contributed by atoms with Gasteiger partial charge in [0.05, 0.1) is 0 Å². The Balaban J connectivity index is 2.03. The van der Waals surface area contributed by atoms with Gasteiger partial charge in [-0.1, -0.05) is 45.8 Å². The minimum Gasteiger partial charge on any atom is -0.343 e. The molecule has 0 aliphatic carbocycles. The average Bonchev–Trinajstić information content (AvgIpc) is 2.74. The molecule has 0 N–H and O–H groups in total. The van der Waals surface area contributed by atoms with Gasteiger partial charge in [0.15, 0.2) is 0 Å². The lowest BCUT2D eigenvalue weighted by Gasteiger charge is -2.07. The number of hydrogen-bond donors (Lipinski definition) is 0. The van der Waals surface area contributed by atoms with Crippen LogP contribution in [0.4, 0.5) is 0 Å². The molecule has 0 saturated carbocycles. The second kappa shape index (κ2) is 4.62. The summed E-state index contributed by atoms with van der Waals surface area (Å²) in [6, 6.07) is 17.1. The third kappa shape index (κ3) is 2.08. The van der Waals surface area contributed by atoms with Gasteiger partial charge in [0, 0.05) is 22.7 Å². The monoisotopic (exact) mass is 299 g/mol. The normalized spacial score (nSPS) is 11.0. The predicted molar refractivity (Wildman–Crippen MR) is 79.9 cm³/mol. The fraction of sp³-hybridized carbons (Fsp3) is 0.125. The fourth-order valence-corrected chi connectivity index (χ4v) is 2.68. The van der Waals surface area contributed by atoms with Crippen molar-refractivity contribution in [3.05, 3.63) is 70.3 Å². The molecule has 0 spiro atoms. The zero-order valence-corrected chi connectivity index (χ0v) is 11.8. The summed E-state index contributed by atoms with van der Waals surface area (Å²) in [4.78, 5) is 0. The van der Waals surface area contributed by atoms with Gasteiger partial charge in [-0.15, -0.1) is 0 Å². The van der Waals surface area contributed by atoms with Crippen LogP contribution in [0.2, 0.25) is 0 Å². The molecule has 0 amide bonds. The standard InChI is InChI=1S/C16H14BrN/c1-12-6-7-16-13(10-12)8-9-18(16)11-14-4-2-3-5-15(14)17/h2-10H,11H2,1H3. The van der Waals surface area contributed by atoms with Gasteiger partial charge in [0.1, 0.15) is 0 Å². The van der Waals surface area contributed by atoms with E-state index >= 15 is 0 Å². The molecule has 1 nitrogen and oxygen atoms in total. The van der Waals surface area contributed by atoms with Crippen LogP contribution in [0.25, 0.3) is 10.9 Å². The minimum absolute atomic E-state index is 0.897. The summed E-state index contributed by atoms with van der Waals surface area (Å²) in [6.07, 6.45) is 2.16. The maximum Gasteiger partial charge on any atom is 0.0487 e. The average molecular weight is 300 g/mol. The van der Waals surface area contributed by atoms with Gasteiger partial charge in [-0.05, 0) is 42.1 Å². The van der Waals surface area contributed by atoms with E-state index in [1.807, 2.05) is 6.07 Å². The Hall–Kier alpha value is -1.54. The third-order valence-electron chi connectivity index (χ3n) is 3.23. The van der Waals surface area contributed by atoms with E-state index < -0.39 is 0 Å². The van der Waals surface area contributed by atoms with Crippen LogP contribution >= 0.6 is 15.9 Å². The first-order valence-corrected chi connectivity index (χ1v) is 6.82. The Morgan fingerprint density at radius 3 is 2.72 bits per heavy atom. The zero-order valence-electron chi connectivity index (χ0n) is 10.2. The molecule has 3 rings (SSSR count). The summed E-state index contributed by atoms with van der Waals surface area (Å²) in [5.74, 6) is 0. The van der Waals surface area contributed by atoms with Crippen LogP contribution < -0.4 is 0 Å². The SMILES string of the molecule is Cc1ccc2c(ccn2Cc2ccccc2Br)c1. The fourth-order valence-electron chi connectivity index (χ4n) is 2.27. The molecule has 0 aliphatic heterocycles. The van der Waals surface area contributed by atoms with Crippen LogP contribution in [0.1, 0.15) is 11.1 Å². The quantitative estimate of drug-likeness (QED) is 0.643. The lowest BCUT2D eigenvalue weighted by Crippen LogP contribution is -1.98. The van der Waals surface area contributed by atoms with Crippen LogP contribution in [-0.4, -0.2) is 4.57 Å². The molecule has 0 aliphatic rings. The highest BCUT2D eigenvalue weighted by Crippen LogP contribution is 2.22. The van der Waals surface area contributed by atoms with Crippen LogP contribution in [-0.2, 0) is 6.54 Å². The van der Waals surface area contributed by atoms with E-state index in [1.54, 1.807) is 0 Å². The zero-order chi connectivity index (χ0) is 12.5. The molecule has 0 saturated heterocycles. The van der Waals surface area contributed by atoms with E-state index in [1.165, 1.54) is 26.5 Å². The molecular formula is C16H14BrN. The largest absolute Gasteiger partial charge is 0.343 e. The maximum absolute atomic E-state index is 3.60. The van der Waals surface area contributed by atoms with Gasteiger partial charge in [-0.3, -0.25) is 0 Å². The lowest BCUT2D eigenvalue weighted by atomic mass is 10.2. The van der Waals surface area contributed by atoms with Crippen LogP contribution in [0.3, 0.4) is 0 Å². The Morgan fingerprint density at radius 2 is 1.89 bits per heavy atom. The summed E-state index contributed by atoms with van der Waals surface area (Å²) in [7, 11) is 0. The van der Waals surface area contributed by atoms with Crippen molar-refractivity contribution >= 4 is 26.8 Å². The van der Waals surface area contributed by atoms with E-state index in [2.05, 4.69) is 76.1 Å². The number of halogens is 1. The Kier molecular flexibility index (Phi) is 2.96. The summed E-state index contributed by atoms with van der Waals surface area (Å²) in [6.45, 7) is 3.03. The van der Waals surface area contributed by atoms with Crippen LogP contribution in [0.5, 0.6) is 0 Å². The number of aryl methyl sites for hydroxylation is 1. The predicted octanol–water partition coefficient (Wildman–Crippen LogP) is 4.76. The highest BCUT2D eigenvalue weighted by molar-refractivity contribution is 9.10. The van der Waals surface area contributed by atoms with Gasteiger partial charge < -0.3 is 4.57 Å². The molecule has 18 heavy (non-hydrogen) atoms. The molecule has 0 unspecified atom stereocenters. The highest BCUT2D eigenvalue weighted by atomic mass is 79.9. The van der Waals surface area contributed by atoms with Gasteiger partial charge in [0.25, 0.3) is 0 Å². The molecule has 2 aromatic carbocycles. The van der Waals surface area contributed by atoms with Crippen molar-refractivity contribution in [1.29, 1.82) is 0 Å². The number of benzene rings is 2. The minimum atomic E-state index is 0.897. The van der Waals surface area contributed by atoms with E-state index in [9.17, 15) is 0 Å². The number of fused-ring (bicyclic) bond motifs is 1. The molecule has 0 atom stereocenters. The van der Waals surface area contributed by atoms with Gasteiger partial charge in [0.2, 0.25) is 0 Å². The molecule has 90 valence electrons. The van der Waals surface area contributed by atoms with E-state index in [0.29, 0.717) is 0 Å². The summed E-state index contributed by atoms with van der Waals surface area (Å²) < 4.78 is 3.45. The number of nitrogens with zero attached hydrogens (tertiary/aromatic N) is 1. The lowest BCUT2D eigenvalue weighted by molar-refractivity contribution is 0.833. The molecule has 1 aromatic heterocycles. The summed E-state index contributed by atoms with van der Waals surface area (Å²) >= 11 is 3.60. The van der Waals surface area contributed by atoms with E-state index in [4.69, 9.17) is 0 Å². The summed E-state index contributed by atoms with van der Waals surface area (Å²) in [5.41, 5.74) is 3.90. The smallest absolute Gasteiger partial charge is 0.0487 e. The first-order valence-electron chi connectivity index (χ1n) is 6.03. The van der Waals surface area contributed by atoms with Crippen molar-refractivity contribution in [1.82, 2.24) is 4.57 Å². The molecule has 0 radical (unpaired) electrons. The molecule has 2 heteroatoms. The second-order valence-electron chi connectivity index (χ2n) is 4.60. The molecule has 0 fully saturated rings. The third-order valence-corrected chi connectivity index (χ3v) is 4.00. The van der Waals surface area contributed by atoms with Crippen molar-refractivity contribution in [2.75, 3.05) is 0 Å². The van der Waals surface area contributed by atoms with Crippen LogP contribution in [0, 0.1) is 6.92 Å². The van der Waals surface area contributed by atoms with Crippen molar-refractivity contribution < 1.29 is 0 Å². The first-order chi connectivity index (χ1) is 8.74. The van der Waals surface area contributed by atoms with Crippen LogP contribution in [0.15, 0.2) is 59.2 Å². The Morgan fingerprint density at radius 1 is 1.06 bits per heavy atom. The Bertz CT molecular complexity index is 697. The molecule has 0 bridgehead atoms. The van der Waals surface area contributed by atoms with Crippen molar-refractivity contribution in [2.24, 2.45) is 0 Å². The van der Waals surface area contributed by atoms with Crippen molar-refractivity contribution in [3.8, 4) is 0 Å². The summed E-state index contributed by atoms with van der Waals surface area (Å²) in [5, 5.41) is 1.31. The van der Waals surface area contributed by atoms with Gasteiger partial charge in [-0.2, -0.15) is 0 Å². The number of aromatic nitrogens is 1. The molecular weight excluding hydrogens is 286 g/mol. The maximum atomic E-state index is 3.60. The molecule has 1 heterocycles.